The van der Waals surface area contributed by atoms with Crippen LogP contribution in [0.4, 0.5) is 0 Å². The summed E-state index contributed by atoms with van der Waals surface area (Å²) in [7, 11) is 1.47. The second kappa shape index (κ2) is 22.8. The van der Waals surface area contributed by atoms with E-state index >= 15 is 0 Å². The molecule has 0 aromatic heterocycles. The molecule has 0 heterocycles. The van der Waals surface area contributed by atoms with Crippen LogP contribution in [-0.2, 0) is 32.7 Å². The summed E-state index contributed by atoms with van der Waals surface area (Å²) < 4.78 is 33.2. The minimum absolute atomic E-state index is 0.0334. The quantitative estimate of drug-likeness (QED) is 0.0543. The topological polar surface area (TPSA) is 108 Å². The molecule has 0 aliphatic carbocycles. The maximum absolute atomic E-state index is 12.3. The number of likely N-dealkylation sites (N-methyl/N-ethyl adjacent to an activating group) is 1. The van der Waals surface area contributed by atoms with E-state index in [9.17, 15) is 19.0 Å². The van der Waals surface area contributed by atoms with Crippen LogP contribution in [0.3, 0.4) is 0 Å². The van der Waals surface area contributed by atoms with Crippen LogP contribution in [0.15, 0.2) is 0 Å². The number of rotatable bonds is 26. The van der Waals surface area contributed by atoms with Crippen LogP contribution in [0.5, 0.6) is 0 Å². The number of carbonyl (C=O) groups is 2. The van der Waals surface area contributed by atoms with Gasteiger partial charge in [-0.15, -0.1) is 0 Å². The van der Waals surface area contributed by atoms with Gasteiger partial charge in [0.1, 0.15) is 19.8 Å². The molecule has 38 heavy (non-hydrogen) atoms. The van der Waals surface area contributed by atoms with Gasteiger partial charge in [0.2, 0.25) is 0 Å². The third-order valence-electron chi connectivity index (χ3n) is 6.19. The Balaban J connectivity index is 4.12. The van der Waals surface area contributed by atoms with Crippen LogP contribution in [0.1, 0.15) is 117 Å². The average Bonchev–Trinajstić information content (AvgIpc) is 2.84. The highest BCUT2D eigenvalue weighted by molar-refractivity contribution is 7.47. The van der Waals surface area contributed by atoms with Crippen LogP contribution in [0.25, 0.3) is 0 Å². The van der Waals surface area contributed by atoms with Gasteiger partial charge >= 0.3 is 19.8 Å². The van der Waals surface area contributed by atoms with Gasteiger partial charge in [-0.05, 0) is 6.42 Å². The molecule has 0 fully saturated rings. The lowest BCUT2D eigenvalue weighted by atomic mass is 10.0. The molecule has 0 spiro atoms. The predicted octanol–water partition coefficient (Wildman–Crippen LogP) is 6.56. The Hall–Kier alpha value is -0.990. The number of quaternary nitrogens is 1. The minimum atomic E-state index is -4.32. The molecule has 0 rings (SSSR count). The molecule has 0 amide bonds. The van der Waals surface area contributed by atoms with Crippen LogP contribution < -0.4 is 0 Å². The standard InChI is InChI=1S/C28H56NO8P/c1-6-8-9-10-11-12-13-14-15-16-17-18-19-20-21-28(31)37-26(24-34-27(30)7-2)25-36-38(32,33)35-23-22-29(3,4)5/h26H,6-25H2,1-5H3/p+1. The molecule has 0 aromatic rings. The Morgan fingerprint density at radius 1 is 0.737 bits per heavy atom. The molecule has 9 nitrogen and oxygen atoms in total. The van der Waals surface area contributed by atoms with Crippen LogP contribution in [0, 0.1) is 0 Å². The first-order chi connectivity index (χ1) is 18.0. The zero-order chi connectivity index (χ0) is 28.7. The molecule has 0 bridgehead atoms. The summed E-state index contributed by atoms with van der Waals surface area (Å²) in [5.41, 5.74) is 0. The molecular formula is C28H57NO8P+. The zero-order valence-electron chi connectivity index (χ0n) is 24.9. The Morgan fingerprint density at radius 3 is 1.71 bits per heavy atom. The highest BCUT2D eigenvalue weighted by atomic mass is 31.2. The summed E-state index contributed by atoms with van der Waals surface area (Å²) >= 11 is 0. The largest absolute Gasteiger partial charge is 0.472 e. The van der Waals surface area contributed by atoms with Crippen molar-refractivity contribution in [1.29, 1.82) is 0 Å². The number of carbonyl (C=O) groups excluding carboxylic acids is 2. The molecule has 10 heteroatoms. The summed E-state index contributed by atoms with van der Waals surface area (Å²) in [6.45, 7) is 3.80. The van der Waals surface area contributed by atoms with Crippen LogP contribution in [-0.4, -0.2) is 74.9 Å². The monoisotopic (exact) mass is 566 g/mol. The lowest BCUT2D eigenvalue weighted by molar-refractivity contribution is -0.870. The van der Waals surface area contributed by atoms with E-state index in [0.717, 1.165) is 12.8 Å². The number of phosphoric acid groups is 1. The van der Waals surface area contributed by atoms with E-state index in [1.807, 2.05) is 21.1 Å². The summed E-state index contributed by atoms with van der Waals surface area (Å²) in [5, 5.41) is 0. The molecule has 2 unspecified atom stereocenters. The van der Waals surface area contributed by atoms with Crippen molar-refractivity contribution in [3.8, 4) is 0 Å². The van der Waals surface area contributed by atoms with E-state index in [0.29, 0.717) is 17.4 Å². The van der Waals surface area contributed by atoms with Gasteiger partial charge in [0.05, 0.1) is 27.7 Å². The maximum atomic E-state index is 12.3. The molecular weight excluding hydrogens is 509 g/mol. The lowest BCUT2D eigenvalue weighted by Gasteiger charge is -2.24. The Labute approximate surface area is 232 Å². The van der Waals surface area contributed by atoms with Crippen LogP contribution in [0.2, 0.25) is 0 Å². The normalized spacial score (nSPS) is 14.2. The predicted molar refractivity (Wildman–Crippen MR) is 151 cm³/mol. The minimum Gasteiger partial charge on any atom is -0.462 e. The molecule has 0 saturated carbocycles. The van der Waals surface area contributed by atoms with Gasteiger partial charge < -0.3 is 18.9 Å². The van der Waals surface area contributed by atoms with Gasteiger partial charge in [-0.1, -0.05) is 97.3 Å². The van der Waals surface area contributed by atoms with E-state index in [2.05, 4.69) is 6.92 Å². The third kappa shape index (κ3) is 25.3. The number of esters is 2. The molecule has 0 aliphatic rings. The van der Waals surface area contributed by atoms with Gasteiger partial charge in [0.15, 0.2) is 6.10 Å². The highest BCUT2D eigenvalue weighted by Crippen LogP contribution is 2.43. The van der Waals surface area contributed by atoms with Crippen molar-refractivity contribution in [1.82, 2.24) is 0 Å². The van der Waals surface area contributed by atoms with Crippen molar-refractivity contribution in [2.24, 2.45) is 0 Å². The van der Waals surface area contributed by atoms with E-state index in [1.54, 1.807) is 6.92 Å². The van der Waals surface area contributed by atoms with Crippen molar-refractivity contribution < 1.29 is 42.1 Å². The first-order valence-electron chi connectivity index (χ1n) is 14.8. The zero-order valence-corrected chi connectivity index (χ0v) is 25.8. The fourth-order valence-corrected chi connectivity index (χ4v) is 4.50. The maximum Gasteiger partial charge on any atom is 0.472 e. The number of unbranched alkanes of at least 4 members (excludes halogenated alkanes) is 13. The van der Waals surface area contributed by atoms with E-state index in [-0.39, 0.29) is 26.1 Å². The smallest absolute Gasteiger partial charge is 0.462 e. The van der Waals surface area contributed by atoms with E-state index < -0.39 is 32.5 Å². The van der Waals surface area contributed by atoms with Gasteiger partial charge in [0.25, 0.3) is 0 Å². The Morgan fingerprint density at radius 2 is 1.24 bits per heavy atom. The van der Waals surface area contributed by atoms with Gasteiger partial charge in [-0.3, -0.25) is 18.6 Å². The molecule has 0 aromatic carbocycles. The van der Waals surface area contributed by atoms with E-state index in [1.165, 1.54) is 70.6 Å². The summed E-state index contributed by atoms with van der Waals surface area (Å²) in [6, 6.07) is 0. The molecule has 0 radical (unpaired) electrons. The summed E-state index contributed by atoms with van der Waals surface area (Å²) in [6.07, 6.45) is 16.7. The molecule has 1 N–H and O–H groups in total. The molecule has 2 atom stereocenters. The van der Waals surface area contributed by atoms with E-state index in [4.69, 9.17) is 18.5 Å². The fourth-order valence-electron chi connectivity index (χ4n) is 3.76. The molecule has 0 aliphatic heterocycles. The van der Waals surface area contributed by atoms with Crippen molar-refractivity contribution in [3.63, 3.8) is 0 Å². The molecule has 0 saturated heterocycles. The van der Waals surface area contributed by atoms with Gasteiger partial charge in [-0.25, -0.2) is 4.57 Å². The Bertz CT molecular complexity index is 653. The Kier molecular flexibility index (Phi) is 22.2. The number of ether oxygens (including phenoxy) is 2. The number of hydrogen-bond acceptors (Lipinski definition) is 7. The number of hydrogen-bond donors (Lipinski definition) is 1. The highest BCUT2D eigenvalue weighted by Gasteiger charge is 2.26. The van der Waals surface area contributed by atoms with Gasteiger partial charge in [0, 0.05) is 12.8 Å². The summed E-state index contributed by atoms with van der Waals surface area (Å²) in [5.74, 6) is -0.895. The van der Waals surface area contributed by atoms with Crippen molar-refractivity contribution in [3.05, 3.63) is 0 Å². The first kappa shape index (κ1) is 37.0. The van der Waals surface area contributed by atoms with Gasteiger partial charge in [-0.2, -0.15) is 0 Å². The third-order valence-corrected chi connectivity index (χ3v) is 7.18. The van der Waals surface area contributed by atoms with Crippen molar-refractivity contribution in [2.45, 2.75) is 123 Å². The lowest BCUT2D eigenvalue weighted by Crippen LogP contribution is -2.37. The fraction of sp³-hybridized carbons (Fsp3) is 0.929. The number of phosphoric ester groups is 1. The van der Waals surface area contributed by atoms with Crippen molar-refractivity contribution >= 4 is 19.8 Å². The number of nitrogens with zero attached hydrogens (tertiary/aromatic N) is 1. The average molecular weight is 567 g/mol. The van der Waals surface area contributed by atoms with Crippen LogP contribution >= 0.6 is 7.82 Å². The molecule has 226 valence electrons. The second-order valence-electron chi connectivity index (χ2n) is 11.1. The van der Waals surface area contributed by atoms with Crippen molar-refractivity contribution in [2.75, 3.05) is 47.5 Å². The second-order valence-corrected chi connectivity index (χ2v) is 12.6. The SMILES string of the molecule is CCCCCCCCCCCCCCCCC(=O)OC(COC(=O)CC)COP(=O)(O)OCC[N+](C)(C)C. The summed E-state index contributed by atoms with van der Waals surface area (Å²) in [4.78, 5) is 33.8. The first-order valence-corrected chi connectivity index (χ1v) is 16.3.